The molecule has 2 rings (SSSR count). The van der Waals surface area contributed by atoms with Gasteiger partial charge in [0, 0.05) is 19.5 Å². The first-order chi connectivity index (χ1) is 9.11. The number of ether oxygens (including phenoxy) is 1. The smallest absolute Gasteiger partial charge is 0.145 e. The van der Waals surface area contributed by atoms with E-state index in [0.717, 1.165) is 13.1 Å². The van der Waals surface area contributed by atoms with Crippen molar-refractivity contribution in [1.29, 1.82) is 0 Å². The summed E-state index contributed by atoms with van der Waals surface area (Å²) in [5, 5.41) is 10.3. The van der Waals surface area contributed by atoms with Gasteiger partial charge >= 0.3 is 0 Å². The predicted molar refractivity (Wildman–Crippen MR) is 73.0 cm³/mol. The molecule has 1 fully saturated rings. The van der Waals surface area contributed by atoms with Crippen molar-refractivity contribution in [2.24, 2.45) is 0 Å². The van der Waals surface area contributed by atoms with E-state index in [2.05, 4.69) is 11.8 Å². The first kappa shape index (κ1) is 14.7. The second kappa shape index (κ2) is 6.66. The number of halogens is 2. The maximum Gasteiger partial charge on any atom is 0.145 e. The zero-order valence-electron chi connectivity index (χ0n) is 11.0. The molecule has 1 aromatic carbocycles. The molecule has 1 aliphatic heterocycles. The Hall–Kier alpha value is -0.680. The summed E-state index contributed by atoms with van der Waals surface area (Å²) in [6.45, 7) is 5.17. The minimum Gasteiger partial charge on any atom is -0.390 e. The summed E-state index contributed by atoms with van der Waals surface area (Å²) in [4.78, 5) is 2.21. The van der Waals surface area contributed by atoms with Gasteiger partial charge in [0.25, 0.3) is 0 Å². The standard InChI is InChI=1S/C14H19ClFNO2/c1-2-17-6-7-19-13(9-17)12(18)8-10-4-3-5-11(15)14(10)16/h3-5,12-13,18H,2,6-9H2,1H3. The maximum absolute atomic E-state index is 13.8. The van der Waals surface area contributed by atoms with Crippen molar-refractivity contribution in [3.8, 4) is 0 Å². The second-order valence-electron chi connectivity index (χ2n) is 4.79. The number of rotatable bonds is 4. The van der Waals surface area contributed by atoms with Crippen LogP contribution in [0.1, 0.15) is 12.5 Å². The number of morpholine rings is 1. The Morgan fingerprint density at radius 2 is 2.37 bits per heavy atom. The van der Waals surface area contributed by atoms with Gasteiger partial charge in [-0.05, 0) is 18.2 Å². The van der Waals surface area contributed by atoms with Crippen LogP contribution >= 0.6 is 11.6 Å². The van der Waals surface area contributed by atoms with Crippen molar-refractivity contribution in [1.82, 2.24) is 4.90 Å². The van der Waals surface area contributed by atoms with Gasteiger partial charge in [-0.2, -0.15) is 0 Å². The molecule has 0 aliphatic carbocycles. The molecule has 0 saturated carbocycles. The molecule has 2 atom stereocenters. The molecule has 1 saturated heterocycles. The lowest BCUT2D eigenvalue weighted by Crippen LogP contribution is -2.48. The normalized spacial score (nSPS) is 22.4. The summed E-state index contributed by atoms with van der Waals surface area (Å²) in [6.07, 6.45) is -0.774. The Balaban J connectivity index is 2.00. The molecule has 19 heavy (non-hydrogen) atoms. The van der Waals surface area contributed by atoms with E-state index < -0.39 is 11.9 Å². The Labute approximate surface area is 117 Å². The summed E-state index contributed by atoms with van der Waals surface area (Å²) in [7, 11) is 0. The number of likely N-dealkylation sites (N-methyl/N-ethyl adjacent to an activating group) is 1. The summed E-state index contributed by atoms with van der Waals surface area (Å²) in [5.41, 5.74) is 0.428. The molecule has 0 amide bonds. The van der Waals surface area contributed by atoms with E-state index in [1.54, 1.807) is 12.1 Å². The molecule has 106 valence electrons. The molecule has 1 aromatic rings. The second-order valence-corrected chi connectivity index (χ2v) is 5.19. The van der Waals surface area contributed by atoms with Crippen molar-refractivity contribution in [2.75, 3.05) is 26.2 Å². The zero-order valence-corrected chi connectivity index (χ0v) is 11.7. The van der Waals surface area contributed by atoms with E-state index in [1.807, 2.05) is 0 Å². The lowest BCUT2D eigenvalue weighted by Gasteiger charge is -2.34. The van der Waals surface area contributed by atoms with Crippen molar-refractivity contribution in [2.45, 2.75) is 25.6 Å². The molecule has 0 radical (unpaired) electrons. The number of aliphatic hydroxyl groups is 1. The van der Waals surface area contributed by atoms with Crippen molar-refractivity contribution >= 4 is 11.6 Å². The van der Waals surface area contributed by atoms with E-state index in [4.69, 9.17) is 16.3 Å². The fourth-order valence-electron chi connectivity index (χ4n) is 2.31. The van der Waals surface area contributed by atoms with Crippen LogP contribution in [-0.4, -0.2) is 48.5 Å². The molecule has 1 N–H and O–H groups in total. The van der Waals surface area contributed by atoms with E-state index in [0.29, 0.717) is 18.7 Å². The Morgan fingerprint density at radius 1 is 1.58 bits per heavy atom. The van der Waals surface area contributed by atoms with Gasteiger partial charge in [-0.3, -0.25) is 4.90 Å². The molecular weight excluding hydrogens is 269 g/mol. The highest BCUT2D eigenvalue weighted by Gasteiger charge is 2.27. The molecule has 3 nitrogen and oxygen atoms in total. The van der Waals surface area contributed by atoms with Crippen molar-refractivity contribution < 1.29 is 14.2 Å². The molecule has 2 unspecified atom stereocenters. The summed E-state index contributed by atoms with van der Waals surface area (Å²) < 4.78 is 19.3. The average Bonchev–Trinajstić information content (AvgIpc) is 2.44. The number of aliphatic hydroxyl groups excluding tert-OH is 1. The predicted octanol–water partition coefficient (Wildman–Crippen LogP) is 2.10. The number of hydrogen-bond acceptors (Lipinski definition) is 3. The Bertz CT molecular complexity index is 430. The van der Waals surface area contributed by atoms with Crippen LogP contribution in [0, 0.1) is 5.82 Å². The van der Waals surface area contributed by atoms with E-state index in [9.17, 15) is 9.50 Å². The quantitative estimate of drug-likeness (QED) is 0.921. The number of hydrogen-bond donors (Lipinski definition) is 1. The monoisotopic (exact) mass is 287 g/mol. The summed E-state index contributed by atoms with van der Waals surface area (Å²) >= 11 is 5.73. The maximum atomic E-state index is 13.8. The van der Waals surface area contributed by atoms with E-state index >= 15 is 0 Å². The Morgan fingerprint density at radius 3 is 3.11 bits per heavy atom. The van der Waals surface area contributed by atoms with Gasteiger partial charge < -0.3 is 9.84 Å². The average molecular weight is 288 g/mol. The van der Waals surface area contributed by atoms with Gasteiger partial charge in [0.05, 0.1) is 23.8 Å². The van der Waals surface area contributed by atoms with Gasteiger partial charge in [0.2, 0.25) is 0 Å². The van der Waals surface area contributed by atoms with E-state index in [1.165, 1.54) is 6.07 Å². The molecule has 1 heterocycles. The van der Waals surface area contributed by atoms with Crippen molar-refractivity contribution in [3.63, 3.8) is 0 Å². The first-order valence-corrected chi connectivity index (χ1v) is 6.94. The zero-order chi connectivity index (χ0) is 13.8. The van der Waals surface area contributed by atoms with Gasteiger partial charge in [-0.1, -0.05) is 30.7 Å². The lowest BCUT2D eigenvalue weighted by atomic mass is 10.0. The van der Waals surface area contributed by atoms with Gasteiger partial charge in [-0.25, -0.2) is 4.39 Å². The minimum atomic E-state index is -0.720. The van der Waals surface area contributed by atoms with Crippen LogP contribution in [0.25, 0.3) is 0 Å². The van der Waals surface area contributed by atoms with Crippen LogP contribution in [0.3, 0.4) is 0 Å². The van der Waals surface area contributed by atoms with Crippen LogP contribution in [0.15, 0.2) is 18.2 Å². The van der Waals surface area contributed by atoms with Gasteiger partial charge in [0.1, 0.15) is 5.82 Å². The lowest BCUT2D eigenvalue weighted by molar-refractivity contribution is -0.0869. The van der Waals surface area contributed by atoms with Gasteiger partial charge in [-0.15, -0.1) is 0 Å². The topological polar surface area (TPSA) is 32.7 Å². The number of benzene rings is 1. The van der Waals surface area contributed by atoms with Crippen LogP contribution in [-0.2, 0) is 11.2 Å². The van der Waals surface area contributed by atoms with Crippen molar-refractivity contribution in [3.05, 3.63) is 34.6 Å². The molecular formula is C14H19ClFNO2. The minimum absolute atomic E-state index is 0.0875. The van der Waals surface area contributed by atoms with Crippen LogP contribution in [0.2, 0.25) is 5.02 Å². The van der Waals surface area contributed by atoms with Crippen LogP contribution in [0.5, 0.6) is 0 Å². The fourth-order valence-corrected chi connectivity index (χ4v) is 2.51. The fraction of sp³-hybridized carbons (Fsp3) is 0.571. The molecule has 0 spiro atoms. The summed E-state index contributed by atoms with van der Waals surface area (Å²) in [6, 6.07) is 4.83. The third kappa shape index (κ3) is 3.66. The Kier molecular flexibility index (Phi) is 5.16. The highest BCUT2D eigenvalue weighted by Crippen LogP contribution is 2.21. The molecule has 0 aromatic heterocycles. The molecule has 5 heteroatoms. The molecule has 0 bridgehead atoms. The third-order valence-electron chi connectivity index (χ3n) is 3.51. The van der Waals surface area contributed by atoms with E-state index in [-0.39, 0.29) is 17.5 Å². The summed E-state index contributed by atoms with van der Waals surface area (Å²) in [5.74, 6) is -0.452. The first-order valence-electron chi connectivity index (χ1n) is 6.56. The third-order valence-corrected chi connectivity index (χ3v) is 3.81. The largest absolute Gasteiger partial charge is 0.390 e. The number of nitrogens with zero attached hydrogens (tertiary/aromatic N) is 1. The van der Waals surface area contributed by atoms with Crippen LogP contribution < -0.4 is 0 Å². The van der Waals surface area contributed by atoms with Crippen LogP contribution in [0.4, 0.5) is 4.39 Å². The SMILES string of the molecule is CCN1CCOC(C(O)Cc2cccc(Cl)c2F)C1. The van der Waals surface area contributed by atoms with Gasteiger partial charge in [0.15, 0.2) is 0 Å². The highest BCUT2D eigenvalue weighted by atomic mass is 35.5. The molecule has 1 aliphatic rings. The highest BCUT2D eigenvalue weighted by molar-refractivity contribution is 6.30.